The molecule has 0 aliphatic heterocycles. The van der Waals surface area contributed by atoms with Crippen molar-refractivity contribution < 1.29 is 28.3 Å². The van der Waals surface area contributed by atoms with Crippen molar-refractivity contribution in [2.45, 2.75) is 0 Å². The molecule has 0 fully saturated rings. The van der Waals surface area contributed by atoms with Gasteiger partial charge in [-0.3, -0.25) is 4.79 Å². The third-order valence-corrected chi connectivity index (χ3v) is 4.27. The monoisotopic (exact) mass is 413 g/mol. The first kappa shape index (κ1) is 20.2. The standard InChI is InChI=1S/C21H16ClNO6/c1-27-20(25)13-6-7-15(21(26)28-2)16(11-13)23-19(24)18-9-8-17(29-18)12-4-3-5-14(22)10-12/h3-11H,1-2H3,(H,23,24). The number of carbonyl (C=O) groups excluding carboxylic acids is 3. The number of hydrogen-bond acceptors (Lipinski definition) is 6. The highest BCUT2D eigenvalue weighted by Gasteiger charge is 2.19. The molecule has 0 aliphatic carbocycles. The average molecular weight is 414 g/mol. The van der Waals surface area contributed by atoms with Gasteiger partial charge < -0.3 is 19.2 Å². The number of anilines is 1. The van der Waals surface area contributed by atoms with Crippen LogP contribution in [0.1, 0.15) is 31.3 Å². The Morgan fingerprint density at radius 2 is 1.69 bits per heavy atom. The summed E-state index contributed by atoms with van der Waals surface area (Å²) in [6.07, 6.45) is 0. The van der Waals surface area contributed by atoms with Crippen LogP contribution in [0.2, 0.25) is 5.02 Å². The summed E-state index contributed by atoms with van der Waals surface area (Å²) in [5.74, 6) is -1.42. The number of halogens is 1. The summed E-state index contributed by atoms with van der Waals surface area (Å²) >= 11 is 5.98. The molecule has 1 aromatic heterocycles. The zero-order chi connectivity index (χ0) is 21.0. The van der Waals surface area contributed by atoms with E-state index >= 15 is 0 Å². The lowest BCUT2D eigenvalue weighted by molar-refractivity contribution is 0.0587. The Hall–Kier alpha value is -3.58. The first-order valence-corrected chi connectivity index (χ1v) is 8.78. The zero-order valence-electron chi connectivity index (χ0n) is 15.5. The van der Waals surface area contributed by atoms with Crippen LogP contribution in [-0.4, -0.2) is 32.1 Å². The second-order valence-electron chi connectivity index (χ2n) is 5.87. The Labute approximate surface area is 171 Å². The Balaban J connectivity index is 1.90. The van der Waals surface area contributed by atoms with Gasteiger partial charge in [-0.1, -0.05) is 23.7 Å². The largest absolute Gasteiger partial charge is 0.465 e. The van der Waals surface area contributed by atoms with Crippen LogP contribution in [0.25, 0.3) is 11.3 Å². The SMILES string of the molecule is COC(=O)c1ccc(C(=O)OC)c(NC(=O)c2ccc(-c3cccc(Cl)c3)o2)c1. The summed E-state index contributed by atoms with van der Waals surface area (Å²) in [7, 11) is 2.45. The van der Waals surface area contributed by atoms with Gasteiger partial charge in [0.2, 0.25) is 0 Å². The van der Waals surface area contributed by atoms with Crippen LogP contribution in [0.4, 0.5) is 5.69 Å². The van der Waals surface area contributed by atoms with Gasteiger partial charge in [-0.15, -0.1) is 0 Å². The van der Waals surface area contributed by atoms with Gasteiger partial charge in [0.1, 0.15) is 5.76 Å². The number of benzene rings is 2. The zero-order valence-corrected chi connectivity index (χ0v) is 16.3. The maximum atomic E-state index is 12.6. The average Bonchev–Trinajstić information content (AvgIpc) is 3.23. The molecule has 0 bridgehead atoms. The Kier molecular flexibility index (Phi) is 5.99. The van der Waals surface area contributed by atoms with E-state index in [1.54, 1.807) is 30.3 Å². The molecule has 1 heterocycles. The van der Waals surface area contributed by atoms with Gasteiger partial charge in [-0.2, -0.15) is 0 Å². The lowest BCUT2D eigenvalue weighted by Crippen LogP contribution is -2.16. The van der Waals surface area contributed by atoms with Crippen LogP contribution in [0.15, 0.2) is 59.0 Å². The maximum Gasteiger partial charge on any atom is 0.339 e. The predicted molar refractivity (Wildman–Crippen MR) is 106 cm³/mol. The molecule has 8 heteroatoms. The van der Waals surface area contributed by atoms with Crippen molar-refractivity contribution >= 4 is 35.1 Å². The summed E-state index contributed by atoms with van der Waals surface area (Å²) in [4.78, 5) is 36.4. The molecule has 2 aromatic carbocycles. The number of furan rings is 1. The topological polar surface area (TPSA) is 94.8 Å². The van der Waals surface area contributed by atoms with Crippen molar-refractivity contribution in [3.63, 3.8) is 0 Å². The number of nitrogens with one attached hydrogen (secondary N) is 1. The van der Waals surface area contributed by atoms with Gasteiger partial charge in [-0.05, 0) is 42.5 Å². The van der Waals surface area contributed by atoms with Gasteiger partial charge in [0.05, 0.1) is 31.0 Å². The summed E-state index contributed by atoms with van der Waals surface area (Å²) in [6.45, 7) is 0. The molecule has 1 N–H and O–H groups in total. The highest BCUT2D eigenvalue weighted by Crippen LogP contribution is 2.26. The Bertz CT molecular complexity index is 1090. The molecule has 0 atom stereocenters. The molecule has 0 saturated carbocycles. The van der Waals surface area contributed by atoms with E-state index in [1.165, 1.54) is 38.5 Å². The van der Waals surface area contributed by atoms with Crippen molar-refractivity contribution in [3.8, 4) is 11.3 Å². The van der Waals surface area contributed by atoms with Crippen molar-refractivity contribution in [1.29, 1.82) is 0 Å². The van der Waals surface area contributed by atoms with E-state index in [9.17, 15) is 14.4 Å². The highest BCUT2D eigenvalue weighted by molar-refractivity contribution is 6.30. The van der Waals surface area contributed by atoms with Gasteiger partial charge >= 0.3 is 11.9 Å². The molecule has 1 amide bonds. The molecule has 3 rings (SSSR count). The molecule has 0 unspecified atom stereocenters. The summed E-state index contributed by atoms with van der Waals surface area (Å²) in [5.41, 5.74) is 1.04. The first-order chi connectivity index (χ1) is 13.9. The van der Waals surface area contributed by atoms with Gasteiger partial charge in [0, 0.05) is 10.6 Å². The van der Waals surface area contributed by atoms with Gasteiger partial charge in [-0.25, -0.2) is 9.59 Å². The molecular formula is C21H16ClNO6. The number of ether oxygens (including phenoxy) is 2. The molecule has 29 heavy (non-hydrogen) atoms. The maximum absolute atomic E-state index is 12.6. The van der Waals surface area contributed by atoms with E-state index in [0.717, 1.165) is 0 Å². The molecule has 148 valence electrons. The number of esters is 2. The second-order valence-corrected chi connectivity index (χ2v) is 6.31. The first-order valence-electron chi connectivity index (χ1n) is 8.40. The lowest BCUT2D eigenvalue weighted by Gasteiger charge is -2.10. The van der Waals surface area contributed by atoms with Crippen molar-refractivity contribution in [3.05, 3.63) is 76.5 Å². The Morgan fingerprint density at radius 1 is 0.931 bits per heavy atom. The minimum atomic E-state index is -0.671. The third kappa shape index (κ3) is 4.47. The fourth-order valence-corrected chi connectivity index (χ4v) is 2.81. The molecule has 0 spiro atoms. The van der Waals surface area contributed by atoms with E-state index in [-0.39, 0.29) is 22.6 Å². The van der Waals surface area contributed by atoms with Crippen LogP contribution in [0.5, 0.6) is 0 Å². The second kappa shape index (κ2) is 8.62. The number of methoxy groups -OCH3 is 2. The lowest BCUT2D eigenvalue weighted by atomic mass is 10.1. The van der Waals surface area contributed by atoms with Crippen molar-refractivity contribution in [2.75, 3.05) is 19.5 Å². The quantitative estimate of drug-likeness (QED) is 0.622. The summed E-state index contributed by atoms with van der Waals surface area (Å²) in [5, 5.41) is 3.10. The number of amides is 1. The third-order valence-electron chi connectivity index (χ3n) is 4.03. The molecule has 7 nitrogen and oxygen atoms in total. The summed E-state index contributed by atoms with van der Waals surface area (Å²) in [6, 6.07) is 14.2. The smallest absolute Gasteiger partial charge is 0.339 e. The van der Waals surface area contributed by atoms with Crippen LogP contribution >= 0.6 is 11.6 Å². The number of carbonyl (C=O) groups is 3. The van der Waals surface area contributed by atoms with E-state index < -0.39 is 17.8 Å². The van der Waals surface area contributed by atoms with Gasteiger partial charge in [0.25, 0.3) is 5.91 Å². The van der Waals surface area contributed by atoms with Crippen LogP contribution < -0.4 is 5.32 Å². The van der Waals surface area contributed by atoms with E-state index in [0.29, 0.717) is 16.3 Å². The van der Waals surface area contributed by atoms with Crippen molar-refractivity contribution in [2.24, 2.45) is 0 Å². The van der Waals surface area contributed by atoms with E-state index in [4.69, 9.17) is 20.8 Å². The molecule has 0 saturated heterocycles. The highest BCUT2D eigenvalue weighted by atomic mass is 35.5. The predicted octanol–water partition coefficient (Wildman–Crippen LogP) is 4.43. The molecule has 3 aromatic rings. The molecule has 0 aliphatic rings. The summed E-state index contributed by atoms with van der Waals surface area (Å²) < 4.78 is 15.0. The number of rotatable bonds is 5. The molecular weight excluding hydrogens is 398 g/mol. The van der Waals surface area contributed by atoms with Crippen LogP contribution in [0, 0.1) is 0 Å². The van der Waals surface area contributed by atoms with E-state index in [1.807, 2.05) is 0 Å². The fourth-order valence-electron chi connectivity index (χ4n) is 2.62. The minimum absolute atomic E-state index is 0.0132. The van der Waals surface area contributed by atoms with Crippen molar-refractivity contribution in [1.82, 2.24) is 0 Å². The molecule has 0 radical (unpaired) electrons. The number of hydrogen-bond donors (Lipinski definition) is 1. The van der Waals surface area contributed by atoms with Crippen LogP contribution in [-0.2, 0) is 9.47 Å². The normalized spacial score (nSPS) is 10.3. The van der Waals surface area contributed by atoms with Gasteiger partial charge in [0.15, 0.2) is 5.76 Å². The Morgan fingerprint density at radius 3 is 2.38 bits per heavy atom. The minimum Gasteiger partial charge on any atom is -0.465 e. The van der Waals surface area contributed by atoms with E-state index in [2.05, 4.69) is 10.1 Å². The fraction of sp³-hybridized carbons (Fsp3) is 0.0952. The van der Waals surface area contributed by atoms with Crippen LogP contribution in [0.3, 0.4) is 0 Å².